The van der Waals surface area contributed by atoms with E-state index in [-0.39, 0.29) is 5.91 Å². The number of piperidine rings is 1. The molecule has 1 aliphatic rings. The first kappa shape index (κ1) is 15.4. The molecule has 4 nitrogen and oxygen atoms in total. The Morgan fingerprint density at radius 1 is 1.30 bits per heavy atom. The number of carbonyl (C=O) groups is 2. The number of halogens is 1. The first-order valence-electron chi connectivity index (χ1n) is 6.55. The fourth-order valence-corrected chi connectivity index (χ4v) is 3.33. The third-order valence-electron chi connectivity index (χ3n) is 3.33. The number of nitrogens with two attached hydrogens (primary N) is 1. The second kappa shape index (κ2) is 7.13. The van der Waals surface area contributed by atoms with Crippen LogP contribution in [-0.4, -0.2) is 35.1 Å². The van der Waals surface area contributed by atoms with Crippen LogP contribution in [0.5, 0.6) is 0 Å². The molecule has 1 aromatic rings. The smallest absolute Gasteiger partial charge is 0.240 e. The van der Waals surface area contributed by atoms with Crippen molar-refractivity contribution < 1.29 is 9.59 Å². The van der Waals surface area contributed by atoms with Crippen LogP contribution in [0.3, 0.4) is 0 Å². The topological polar surface area (TPSA) is 63.4 Å². The van der Waals surface area contributed by atoms with Crippen LogP contribution in [0.15, 0.2) is 33.6 Å². The number of thioether (sulfide) groups is 1. The van der Waals surface area contributed by atoms with Crippen LogP contribution in [0.25, 0.3) is 0 Å². The molecular formula is C14H17BrN2O2S. The maximum absolute atomic E-state index is 12.2. The number of hydrogen-bond acceptors (Lipinski definition) is 3. The summed E-state index contributed by atoms with van der Waals surface area (Å²) in [6, 6.07) is 7.38. The summed E-state index contributed by atoms with van der Waals surface area (Å²) in [5.41, 5.74) is 5.37. The number of benzene rings is 1. The highest BCUT2D eigenvalue weighted by atomic mass is 79.9. The number of likely N-dealkylation sites (tertiary alicyclic amines) is 1. The van der Waals surface area contributed by atoms with E-state index in [4.69, 9.17) is 5.73 Å². The minimum atomic E-state index is -0.429. The highest BCUT2D eigenvalue weighted by Gasteiger charge is 2.30. The van der Waals surface area contributed by atoms with E-state index in [2.05, 4.69) is 15.9 Å². The van der Waals surface area contributed by atoms with Crippen LogP contribution in [0.1, 0.15) is 19.3 Å². The summed E-state index contributed by atoms with van der Waals surface area (Å²) in [6.45, 7) is 0.632. The van der Waals surface area contributed by atoms with Gasteiger partial charge in [-0.2, -0.15) is 0 Å². The summed E-state index contributed by atoms with van der Waals surface area (Å²) in [7, 11) is 0. The maximum Gasteiger partial charge on any atom is 0.240 e. The molecule has 108 valence electrons. The molecule has 0 aliphatic carbocycles. The summed E-state index contributed by atoms with van der Waals surface area (Å²) < 4.78 is 1.01. The van der Waals surface area contributed by atoms with Crippen molar-refractivity contribution in [2.24, 2.45) is 5.73 Å². The van der Waals surface area contributed by atoms with E-state index in [1.165, 1.54) is 11.8 Å². The molecule has 0 bridgehead atoms. The maximum atomic E-state index is 12.2. The van der Waals surface area contributed by atoms with Gasteiger partial charge in [0, 0.05) is 15.9 Å². The van der Waals surface area contributed by atoms with E-state index in [0.29, 0.717) is 18.7 Å². The van der Waals surface area contributed by atoms with Gasteiger partial charge in [0.15, 0.2) is 0 Å². The minimum absolute atomic E-state index is 0.0126. The van der Waals surface area contributed by atoms with Crippen LogP contribution in [0.2, 0.25) is 0 Å². The highest BCUT2D eigenvalue weighted by Crippen LogP contribution is 2.23. The zero-order valence-corrected chi connectivity index (χ0v) is 13.5. The monoisotopic (exact) mass is 356 g/mol. The Morgan fingerprint density at radius 3 is 2.65 bits per heavy atom. The molecule has 2 amide bonds. The van der Waals surface area contributed by atoms with E-state index < -0.39 is 11.9 Å². The van der Waals surface area contributed by atoms with Crippen molar-refractivity contribution in [1.82, 2.24) is 4.90 Å². The summed E-state index contributed by atoms with van der Waals surface area (Å²) in [5.74, 6) is -0.0705. The fourth-order valence-electron chi connectivity index (χ4n) is 2.28. The van der Waals surface area contributed by atoms with Crippen LogP contribution >= 0.6 is 27.7 Å². The van der Waals surface area contributed by atoms with E-state index >= 15 is 0 Å². The van der Waals surface area contributed by atoms with Crippen molar-refractivity contribution in [2.45, 2.75) is 30.2 Å². The normalized spacial score (nSPS) is 18.9. The van der Waals surface area contributed by atoms with Gasteiger partial charge >= 0.3 is 0 Å². The first-order valence-corrected chi connectivity index (χ1v) is 8.33. The lowest BCUT2D eigenvalue weighted by atomic mass is 10.0. The third-order valence-corrected chi connectivity index (χ3v) is 4.85. The molecule has 6 heteroatoms. The lowest BCUT2D eigenvalue weighted by Gasteiger charge is -2.33. The SMILES string of the molecule is NC(=O)C1CCCCN1C(=O)CSc1ccc(Br)cc1. The number of nitrogens with zero attached hydrogens (tertiary/aromatic N) is 1. The zero-order chi connectivity index (χ0) is 14.5. The number of hydrogen-bond donors (Lipinski definition) is 1. The van der Waals surface area contributed by atoms with E-state index in [1.54, 1.807) is 4.90 Å². The molecule has 1 heterocycles. The molecule has 1 aliphatic heterocycles. The van der Waals surface area contributed by atoms with Gasteiger partial charge in [0.1, 0.15) is 6.04 Å². The molecule has 1 fully saturated rings. The Kier molecular flexibility index (Phi) is 5.48. The van der Waals surface area contributed by atoms with Gasteiger partial charge in [-0.25, -0.2) is 0 Å². The van der Waals surface area contributed by atoms with Crippen LogP contribution in [0, 0.1) is 0 Å². The third kappa shape index (κ3) is 3.99. The van der Waals surface area contributed by atoms with Gasteiger partial charge in [0.25, 0.3) is 0 Å². The van der Waals surface area contributed by atoms with Crippen molar-refractivity contribution in [2.75, 3.05) is 12.3 Å². The first-order chi connectivity index (χ1) is 9.58. The molecular weight excluding hydrogens is 340 g/mol. The molecule has 1 atom stereocenters. The van der Waals surface area contributed by atoms with Gasteiger partial charge < -0.3 is 10.6 Å². The molecule has 2 N–H and O–H groups in total. The second-order valence-electron chi connectivity index (χ2n) is 4.74. The summed E-state index contributed by atoms with van der Waals surface area (Å²) in [5, 5.41) is 0. The molecule has 0 saturated carbocycles. The average Bonchev–Trinajstić information content (AvgIpc) is 2.46. The molecule has 0 spiro atoms. The Labute approximate surface area is 131 Å². The largest absolute Gasteiger partial charge is 0.368 e. The highest BCUT2D eigenvalue weighted by molar-refractivity contribution is 9.10. The standard InChI is InChI=1S/C14H17BrN2O2S/c15-10-4-6-11(7-5-10)20-9-13(18)17-8-2-1-3-12(17)14(16)19/h4-7,12H,1-3,8-9H2,(H2,16,19). The van der Waals surface area contributed by atoms with E-state index in [0.717, 1.165) is 22.2 Å². The summed E-state index contributed by atoms with van der Waals surface area (Å²) >= 11 is 4.86. The Balaban J connectivity index is 1.93. The number of amides is 2. The van der Waals surface area contributed by atoms with Gasteiger partial charge in [0.05, 0.1) is 5.75 Å². The average molecular weight is 357 g/mol. The number of primary amides is 1. The Hall–Kier alpha value is -1.01. The molecule has 1 saturated heterocycles. The van der Waals surface area contributed by atoms with E-state index in [1.807, 2.05) is 24.3 Å². The predicted octanol–water partition coefficient (Wildman–Crippen LogP) is 2.41. The van der Waals surface area contributed by atoms with Gasteiger partial charge in [-0.3, -0.25) is 9.59 Å². The predicted molar refractivity (Wildman–Crippen MR) is 83.4 cm³/mol. The Morgan fingerprint density at radius 2 is 2.00 bits per heavy atom. The van der Waals surface area contributed by atoms with Crippen molar-refractivity contribution >= 4 is 39.5 Å². The van der Waals surface area contributed by atoms with Crippen molar-refractivity contribution in [3.63, 3.8) is 0 Å². The summed E-state index contributed by atoms with van der Waals surface area (Å²) in [4.78, 5) is 26.3. The molecule has 20 heavy (non-hydrogen) atoms. The second-order valence-corrected chi connectivity index (χ2v) is 6.71. The molecule has 2 rings (SSSR count). The van der Waals surface area contributed by atoms with Crippen molar-refractivity contribution in [1.29, 1.82) is 0 Å². The van der Waals surface area contributed by atoms with Crippen molar-refractivity contribution in [3.8, 4) is 0 Å². The minimum Gasteiger partial charge on any atom is -0.368 e. The number of carbonyl (C=O) groups excluding carboxylic acids is 2. The lowest BCUT2D eigenvalue weighted by molar-refractivity contribution is -0.138. The zero-order valence-electron chi connectivity index (χ0n) is 11.0. The van der Waals surface area contributed by atoms with Crippen LogP contribution in [-0.2, 0) is 9.59 Å². The van der Waals surface area contributed by atoms with Gasteiger partial charge in [-0.15, -0.1) is 11.8 Å². The summed E-state index contributed by atoms with van der Waals surface area (Å²) in [6.07, 6.45) is 2.58. The Bertz CT molecular complexity index is 492. The lowest BCUT2D eigenvalue weighted by Crippen LogP contribution is -2.51. The van der Waals surface area contributed by atoms with Gasteiger partial charge in [0.2, 0.25) is 11.8 Å². The fraction of sp³-hybridized carbons (Fsp3) is 0.429. The van der Waals surface area contributed by atoms with Crippen LogP contribution in [0.4, 0.5) is 0 Å². The van der Waals surface area contributed by atoms with E-state index in [9.17, 15) is 9.59 Å². The van der Waals surface area contributed by atoms with Gasteiger partial charge in [-0.1, -0.05) is 15.9 Å². The molecule has 1 unspecified atom stereocenters. The molecule has 1 aromatic carbocycles. The molecule has 0 aromatic heterocycles. The number of rotatable bonds is 4. The quantitative estimate of drug-likeness (QED) is 0.842. The van der Waals surface area contributed by atoms with Gasteiger partial charge in [-0.05, 0) is 43.5 Å². The van der Waals surface area contributed by atoms with Crippen LogP contribution < -0.4 is 5.73 Å². The van der Waals surface area contributed by atoms with Crippen molar-refractivity contribution in [3.05, 3.63) is 28.7 Å². The molecule has 0 radical (unpaired) electrons.